The Morgan fingerprint density at radius 1 is 1.03 bits per heavy atom. The summed E-state index contributed by atoms with van der Waals surface area (Å²) in [6, 6.07) is 7.67. The van der Waals surface area contributed by atoms with Gasteiger partial charge in [-0.05, 0) is 5.56 Å². The molecule has 1 aromatic carbocycles. The molecule has 0 bridgehead atoms. The van der Waals surface area contributed by atoms with E-state index in [1.54, 1.807) is 30.3 Å². The van der Waals surface area contributed by atoms with Crippen molar-refractivity contribution in [2.45, 2.75) is 19.2 Å². The first-order valence-electron chi connectivity index (χ1n) is 9.01. The summed E-state index contributed by atoms with van der Waals surface area (Å²) in [5, 5.41) is 24.6. The van der Waals surface area contributed by atoms with Gasteiger partial charge in [-0.25, -0.2) is 19.2 Å². The van der Waals surface area contributed by atoms with Crippen LogP contribution in [0.15, 0.2) is 30.3 Å². The number of alkyl carbamates (subject to hydrolysis) is 1. The molecule has 0 spiro atoms. The average Bonchev–Trinajstić information content (AvgIpc) is 2.94. The van der Waals surface area contributed by atoms with E-state index in [0.717, 1.165) is 0 Å². The van der Waals surface area contributed by atoms with E-state index in [-0.39, 0.29) is 6.61 Å². The van der Waals surface area contributed by atoms with Gasteiger partial charge >= 0.3 is 30.0 Å². The number of carboxylic acid groups (broad SMARTS) is 2. The number of quaternary nitrogens is 1. The Hall–Kier alpha value is -4.00. The molecule has 0 aromatic heterocycles. The lowest BCUT2D eigenvalue weighted by Gasteiger charge is -2.26. The van der Waals surface area contributed by atoms with Crippen molar-refractivity contribution in [3.8, 4) is 0 Å². The second kappa shape index (κ2) is 10.2. The molecule has 2 unspecified atom stereocenters. The molecule has 1 heterocycles. The van der Waals surface area contributed by atoms with Gasteiger partial charge in [-0.1, -0.05) is 30.3 Å². The Bertz CT molecular complexity index is 871. The number of ether oxygens (including phenoxy) is 1. The van der Waals surface area contributed by atoms with Crippen LogP contribution in [0.4, 0.5) is 9.59 Å². The van der Waals surface area contributed by atoms with Crippen molar-refractivity contribution in [1.29, 1.82) is 0 Å². The number of aliphatic carboxylic acids is 2. The number of hydrogen-bond donors (Lipinski definition) is 5. The highest BCUT2D eigenvalue weighted by molar-refractivity contribution is 5.96. The van der Waals surface area contributed by atoms with E-state index in [1.807, 2.05) is 0 Å². The molecule has 1 aliphatic heterocycles. The minimum Gasteiger partial charge on any atom is -0.481 e. The molecule has 13 heteroatoms. The average molecular weight is 437 g/mol. The van der Waals surface area contributed by atoms with Gasteiger partial charge < -0.3 is 25.6 Å². The Morgan fingerprint density at radius 3 is 2.26 bits per heavy atom. The number of carbonyl (C=O) groups is 6. The molecule has 1 aliphatic rings. The number of amides is 5. The molecule has 2 rings (SSSR count). The second-order valence-corrected chi connectivity index (χ2v) is 6.65. The minimum atomic E-state index is -1.48. The number of carbonyl (C=O) groups excluding carboxylic acids is 4. The fourth-order valence-corrected chi connectivity index (χ4v) is 2.88. The lowest BCUT2D eigenvalue weighted by molar-refractivity contribution is -0.750. The maximum absolute atomic E-state index is 12.4. The van der Waals surface area contributed by atoms with Gasteiger partial charge in [0.1, 0.15) is 19.3 Å². The highest BCUT2D eigenvalue weighted by Gasteiger charge is 2.53. The van der Waals surface area contributed by atoms with Gasteiger partial charge in [-0.15, -0.1) is 0 Å². The van der Waals surface area contributed by atoms with Gasteiger partial charge in [-0.3, -0.25) is 14.9 Å². The molecule has 0 saturated carbocycles. The van der Waals surface area contributed by atoms with Crippen molar-refractivity contribution in [2.75, 3.05) is 19.6 Å². The van der Waals surface area contributed by atoms with Crippen LogP contribution < -0.4 is 16.0 Å². The van der Waals surface area contributed by atoms with Crippen LogP contribution in [0.1, 0.15) is 12.0 Å². The van der Waals surface area contributed by atoms with Crippen molar-refractivity contribution >= 4 is 35.9 Å². The van der Waals surface area contributed by atoms with Gasteiger partial charge in [0.25, 0.3) is 5.91 Å². The molecule has 2 atom stereocenters. The molecule has 31 heavy (non-hydrogen) atoms. The SMILES string of the molecule is O=C(O)CC(NC(=O)C[N+]1(CC(=O)O)C(=O)CNC1=O)NC(=O)OCc1ccccc1. The van der Waals surface area contributed by atoms with Gasteiger partial charge in [-0.2, -0.15) is 4.48 Å². The van der Waals surface area contributed by atoms with Crippen LogP contribution >= 0.6 is 0 Å². The van der Waals surface area contributed by atoms with Crippen LogP contribution in [0.2, 0.25) is 0 Å². The zero-order chi connectivity index (χ0) is 23.0. The third-order valence-corrected chi connectivity index (χ3v) is 4.29. The fourth-order valence-electron chi connectivity index (χ4n) is 2.88. The highest BCUT2D eigenvalue weighted by Crippen LogP contribution is 2.14. The van der Waals surface area contributed by atoms with E-state index < -0.39 is 72.6 Å². The van der Waals surface area contributed by atoms with Crippen molar-refractivity contribution < 1.29 is 48.2 Å². The highest BCUT2D eigenvalue weighted by atomic mass is 16.5. The van der Waals surface area contributed by atoms with E-state index in [2.05, 4.69) is 16.0 Å². The summed E-state index contributed by atoms with van der Waals surface area (Å²) < 4.78 is 3.66. The largest absolute Gasteiger partial charge is 0.481 e. The Balaban J connectivity index is 2.01. The smallest absolute Gasteiger partial charge is 0.425 e. The third-order valence-electron chi connectivity index (χ3n) is 4.29. The van der Waals surface area contributed by atoms with Gasteiger partial charge in [0.2, 0.25) is 0 Å². The second-order valence-electron chi connectivity index (χ2n) is 6.65. The summed E-state index contributed by atoms with van der Waals surface area (Å²) in [4.78, 5) is 70.7. The van der Waals surface area contributed by atoms with Crippen LogP contribution in [-0.4, -0.2) is 76.4 Å². The van der Waals surface area contributed by atoms with E-state index in [0.29, 0.717) is 5.56 Å². The number of nitrogens with zero attached hydrogens (tertiary/aromatic N) is 1. The summed E-state index contributed by atoms with van der Waals surface area (Å²) in [6.45, 7) is -2.39. The number of imide groups is 1. The van der Waals surface area contributed by atoms with Crippen LogP contribution in [0.5, 0.6) is 0 Å². The molecule has 13 nitrogen and oxygen atoms in total. The van der Waals surface area contributed by atoms with E-state index in [4.69, 9.17) is 14.9 Å². The molecular formula is C18H21N4O9+. The topological polar surface area (TPSA) is 188 Å². The number of nitrogens with one attached hydrogen (secondary N) is 3. The Kier molecular flexibility index (Phi) is 7.63. The third kappa shape index (κ3) is 6.50. The Morgan fingerprint density at radius 2 is 1.71 bits per heavy atom. The number of urea groups is 1. The summed E-state index contributed by atoms with van der Waals surface area (Å²) in [6.07, 6.45) is -3.18. The first kappa shape index (κ1) is 23.3. The lowest BCUT2D eigenvalue weighted by atomic mass is 10.2. The maximum atomic E-state index is 12.4. The summed E-state index contributed by atoms with van der Waals surface area (Å²) in [5.41, 5.74) is 0.676. The molecule has 166 valence electrons. The van der Waals surface area contributed by atoms with Crippen molar-refractivity contribution in [3.05, 3.63) is 35.9 Å². The van der Waals surface area contributed by atoms with E-state index in [9.17, 15) is 28.8 Å². The monoisotopic (exact) mass is 437 g/mol. The lowest BCUT2D eigenvalue weighted by Crippen LogP contribution is -2.61. The van der Waals surface area contributed by atoms with Crippen LogP contribution in [-0.2, 0) is 30.5 Å². The predicted molar refractivity (Wildman–Crippen MR) is 100.0 cm³/mol. The molecule has 1 fully saturated rings. The van der Waals surface area contributed by atoms with E-state index >= 15 is 0 Å². The summed E-state index contributed by atoms with van der Waals surface area (Å²) in [5.74, 6) is -4.69. The van der Waals surface area contributed by atoms with Crippen molar-refractivity contribution in [1.82, 2.24) is 16.0 Å². The van der Waals surface area contributed by atoms with Gasteiger partial charge in [0.05, 0.1) is 6.42 Å². The maximum Gasteiger partial charge on any atom is 0.425 e. The number of hydrogen-bond acceptors (Lipinski definition) is 7. The van der Waals surface area contributed by atoms with Crippen LogP contribution in [0.3, 0.4) is 0 Å². The molecule has 5 N–H and O–H groups in total. The Labute approximate surface area is 175 Å². The number of carboxylic acids is 2. The van der Waals surface area contributed by atoms with Gasteiger partial charge in [0, 0.05) is 0 Å². The molecule has 0 aliphatic carbocycles. The van der Waals surface area contributed by atoms with Crippen LogP contribution in [0, 0.1) is 0 Å². The quantitative estimate of drug-likeness (QED) is 0.173. The van der Waals surface area contributed by atoms with Crippen molar-refractivity contribution in [3.63, 3.8) is 0 Å². The molecular weight excluding hydrogens is 416 g/mol. The fraction of sp³-hybridized carbons (Fsp3) is 0.333. The van der Waals surface area contributed by atoms with Crippen molar-refractivity contribution in [2.24, 2.45) is 0 Å². The molecule has 5 amide bonds. The number of rotatable bonds is 10. The standard InChI is InChI=1S/C18H20N4O9/c23-13(8-22(9-16(27)28)14(24)7-19-17(22)29)20-12(6-15(25)26)21-18(30)31-10-11-4-2-1-3-5-11/h1-5,12H,6-10H2,(H4-,19,20,21,23,25,26,27,28,29,30)/p+1. The first-order valence-corrected chi connectivity index (χ1v) is 9.01. The van der Waals surface area contributed by atoms with Gasteiger partial charge in [0.15, 0.2) is 13.1 Å². The normalized spacial score (nSPS) is 18.6. The van der Waals surface area contributed by atoms with Crippen LogP contribution in [0.25, 0.3) is 0 Å². The molecule has 0 radical (unpaired) electrons. The summed E-state index contributed by atoms with van der Waals surface area (Å²) >= 11 is 0. The van der Waals surface area contributed by atoms with E-state index in [1.165, 1.54) is 0 Å². The molecule has 1 aromatic rings. The first-order chi connectivity index (χ1) is 14.6. The minimum absolute atomic E-state index is 0.103. The predicted octanol–water partition coefficient (Wildman–Crippen LogP) is -1.02. The zero-order valence-corrected chi connectivity index (χ0v) is 16.2. The zero-order valence-electron chi connectivity index (χ0n) is 16.2. The summed E-state index contributed by atoms with van der Waals surface area (Å²) in [7, 11) is 0. The number of benzene rings is 1. The molecule has 1 saturated heterocycles.